The quantitative estimate of drug-likeness (QED) is 0.503. The van der Waals surface area contributed by atoms with Gasteiger partial charge >= 0.3 is 0 Å². The molecule has 0 bridgehead atoms. The zero-order valence-electron chi connectivity index (χ0n) is 3.65. The lowest BCUT2D eigenvalue weighted by Gasteiger charge is -2.02. The third-order valence-corrected chi connectivity index (χ3v) is 0.491. The third kappa shape index (κ3) is 2.11. The van der Waals surface area contributed by atoms with Crippen molar-refractivity contribution in [3.8, 4) is 0 Å². The van der Waals surface area contributed by atoms with Crippen molar-refractivity contribution in [1.82, 2.24) is 0 Å². The summed E-state index contributed by atoms with van der Waals surface area (Å²) >= 11 is 0. The molecule has 0 saturated carbocycles. The topological polar surface area (TPSA) is 19.9 Å². The molecule has 0 aliphatic rings. The molecule has 0 N–H and O–H groups in total. The number of rotatable bonds is 2. The standard InChI is InChI=1S/C3H3F4O/c4-1(2(5)6)3(7)8/h1-3H. The summed E-state index contributed by atoms with van der Waals surface area (Å²) in [7, 11) is 0. The Bertz CT molecular complexity index is 56.3. The van der Waals surface area contributed by atoms with E-state index in [0.717, 1.165) is 0 Å². The fraction of sp³-hybridized carbons (Fsp3) is 1.00. The van der Waals surface area contributed by atoms with Crippen LogP contribution < -0.4 is 0 Å². The Labute approximate surface area is 42.9 Å². The van der Waals surface area contributed by atoms with E-state index in [9.17, 15) is 17.6 Å². The van der Waals surface area contributed by atoms with Crippen molar-refractivity contribution in [3.63, 3.8) is 0 Å². The molecule has 0 heterocycles. The van der Waals surface area contributed by atoms with Crippen LogP contribution in [0.25, 0.3) is 0 Å². The first kappa shape index (κ1) is 7.68. The molecule has 0 rings (SSSR count). The van der Waals surface area contributed by atoms with Crippen LogP contribution in [0.1, 0.15) is 0 Å². The Morgan fingerprint density at radius 3 is 1.38 bits per heavy atom. The molecule has 0 spiro atoms. The average Bonchev–Trinajstić information content (AvgIpc) is 1.64. The summed E-state index contributed by atoms with van der Waals surface area (Å²) < 4.78 is 43.9. The lowest BCUT2D eigenvalue weighted by Crippen LogP contribution is -2.23. The largest absolute Gasteiger partial charge is 0.274 e. The molecule has 0 saturated heterocycles. The van der Waals surface area contributed by atoms with Crippen molar-refractivity contribution in [2.45, 2.75) is 19.0 Å². The second-order valence-corrected chi connectivity index (χ2v) is 1.13. The van der Waals surface area contributed by atoms with Gasteiger partial charge in [0.05, 0.1) is 0 Å². The fourth-order valence-electron chi connectivity index (χ4n) is 0.114. The predicted molar refractivity (Wildman–Crippen MR) is 16.5 cm³/mol. The molecule has 49 valence electrons. The summed E-state index contributed by atoms with van der Waals surface area (Å²) in [6.07, 6.45) is -10.0. The molecule has 0 fully saturated rings. The Kier molecular flexibility index (Phi) is 2.75. The third-order valence-electron chi connectivity index (χ3n) is 0.491. The highest BCUT2D eigenvalue weighted by Gasteiger charge is 2.28. The van der Waals surface area contributed by atoms with Crippen LogP contribution in [0.5, 0.6) is 0 Å². The van der Waals surface area contributed by atoms with Gasteiger partial charge in [-0.05, 0) is 0 Å². The van der Waals surface area contributed by atoms with Crippen LogP contribution in [-0.2, 0) is 5.11 Å². The maximum atomic E-state index is 11.2. The molecule has 0 aromatic rings. The van der Waals surface area contributed by atoms with Crippen molar-refractivity contribution >= 4 is 0 Å². The van der Waals surface area contributed by atoms with Gasteiger partial charge in [0.25, 0.3) is 12.8 Å². The van der Waals surface area contributed by atoms with Gasteiger partial charge in [0.15, 0.2) is 0 Å². The molecule has 2 atom stereocenters. The Hall–Kier alpha value is -0.320. The second kappa shape index (κ2) is 2.86. The van der Waals surface area contributed by atoms with E-state index in [-0.39, 0.29) is 0 Å². The maximum Gasteiger partial charge on any atom is 0.274 e. The Balaban J connectivity index is 3.46. The minimum atomic E-state index is -3.51. The van der Waals surface area contributed by atoms with E-state index in [2.05, 4.69) is 0 Å². The number of hydrogen-bond donors (Lipinski definition) is 0. The zero-order chi connectivity index (χ0) is 6.73. The molecular formula is C3H3F4O. The molecule has 0 aliphatic carbocycles. The van der Waals surface area contributed by atoms with Crippen molar-refractivity contribution in [2.75, 3.05) is 0 Å². The highest BCUT2D eigenvalue weighted by molar-refractivity contribution is 4.58. The lowest BCUT2D eigenvalue weighted by molar-refractivity contribution is -0.123. The van der Waals surface area contributed by atoms with Crippen LogP contribution in [-0.4, -0.2) is 19.0 Å². The number of hydrogen-bond acceptors (Lipinski definition) is 0. The van der Waals surface area contributed by atoms with Crippen LogP contribution in [0.2, 0.25) is 0 Å². The average molecular weight is 131 g/mol. The summed E-state index contributed by atoms with van der Waals surface area (Å²) in [6.45, 7) is 0. The van der Waals surface area contributed by atoms with Gasteiger partial charge in [0, 0.05) is 0 Å². The van der Waals surface area contributed by atoms with Gasteiger partial charge in [0.1, 0.15) is 0 Å². The molecule has 0 aromatic heterocycles. The lowest BCUT2D eigenvalue weighted by atomic mass is 10.4. The fourth-order valence-corrected chi connectivity index (χ4v) is 0.114. The molecule has 0 amide bonds. The van der Waals surface area contributed by atoms with Crippen molar-refractivity contribution in [2.24, 2.45) is 0 Å². The van der Waals surface area contributed by atoms with Crippen LogP contribution in [0.3, 0.4) is 0 Å². The molecule has 2 unspecified atom stereocenters. The molecule has 1 nitrogen and oxygen atoms in total. The SMILES string of the molecule is [O]C(F)C(F)C(F)F. The van der Waals surface area contributed by atoms with Crippen LogP contribution in [0.15, 0.2) is 0 Å². The van der Waals surface area contributed by atoms with Crippen LogP contribution >= 0.6 is 0 Å². The van der Waals surface area contributed by atoms with E-state index in [1.54, 1.807) is 0 Å². The minimum absolute atomic E-state index is 3.19. The first-order chi connectivity index (χ1) is 3.55. The number of halogens is 4. The van der Waals surface area contributed by atoms with Gasteiger partial charge in [-0.25, -0.2) is 17.6 Å². The smallest absolute Gasteiger partial charge is 0.235 e. The van der Waals surface area contributed by atoms with E-state index in [4.69, 9.17) is 5.11 Å². The van der Waals surface area contributed by atoms with Gasteiger partial charge in [-0.2, -0.15) is 5.11 Å². The first-order valence-electron chi connectivity index (χ1n) is 1.78. The van der Waals surface area contributed by atoms with Gasteiger partial charge in [-0.1, -0.05) is 0 Å². The van der Waals surface area contributed by atoms with Gasteiger partial charge in [0.2, 0.25) is 6.17 Å². The summed E-state index contributed by atoms with van der Waals surface area (Å²) in [4.78, 5) is 0. The molecule has 8 heavy (non-hydrogen) atoms. The monoisotopic (exact) mass is 131 g/mol. The molecule has 0 aliphatic heterocycles. The van der Waals surface area contributed by atoms with E-state index in [1.807, 2.05) is 0 Å². The minimum Gasteiger partial charge on any atom is -0.235 e. The summed E-state index contributed by atoms with van der Waals surface area (Å²) in [5.41, 5.74) is 0. The van der Waals surface area contributed by atoms with Crippen LogP contribution in [0.4, 0.5) is 17.6 Å². The van der Waals surface area contributed by atoms with E-state index >= 15 is 0 Å². The summed E-state index contributed by atoms with van der Waals surface area (Å²) in [6, 6.07) is 0. The molecule has 0 aromatic carbocycles. The van der Waals surface area contributed by atoms with Crippen molar-refractivity contribution in [3.05, 3.63) is 0 Å². The van der Waals surface area contributed by atoms with Gasteiger partial charge < -0.3 is 0 Å². The maximum absolute atomic E-state index is 11.2. The number of alkyl halides is 4. The zero-order valence-corrected chi connectivity index (χ0v) is 3.65. The van der Waals surface area contributed by atoms with Crippen LogP contribution in [0, 0.1) is 0 Å². The predicted octanol–water partition coefficient (Wildman–Crippen LogP) is 1.32. The van der Waals surface area contributed by atoms with E-state index in [0.29, 0.717) is 0 Å². The normalized spacial score (nSPS) is 18.8. The van der Waals surface area contributed by atoms with Crippen molar-refractivity contribution < 1.29 is 22.7 Å². The molecule has 5 heteroatoms. The Morgan fingerprint density at radius 2 is 1.38 bits per heavy atom. The summed E-state index contributed by atoms with van der Waals surface area (Å²) in [5.74, 6) is 0. The summed E-state index contributed by atoms with van der Waals surface area (Å²) in [5, 5.41) is 9.15. The highest BCUT2D eigenvalue weighted by atomic mass is 19.3. The van der Waals surface area contributed by atoms with Gasteiger partial charge in [-0.3, -0.25) is 0 Å². The molecule has 1 radical (unpaired) electrons. The second-order valence-electron chi connectivity index (χ2n) is 1.13. The highest BCUT2D eigenvalue weighted by Crippen LogP contribution is 2.10. The first-order valence-corrected chi connectivity index (χ1v) is 1.78. The van der Waals surface area contributed by atoms with E-state index in [1.165, 1.54) is 0 Å². The molecular weight excluding hydrogens is 128 g/mol. The Morgan fingerprint density at radius 1 is 1.00 bits per heavy atom. The van der Waals surface area contributed by atoms with Crippen molar-refractivity contribution in [1.29, 1.82) is 0 Å². The van der Waals surface area contributed by atoms with E-state index < -0.39 is 19.0 Å². The van der Waals surface area contributed by atoms with Gasteiger partial charge in [-0.15, -0.1) is 0 Å².